The van der Waals surface area contributed by atoms with Gasteiger partial charge < -0.3 is 4.42 Å². The zero-order valence-corrected chi connectivity index (χ0v) is 13.9. The first-order chi connectivity index (χ1) is 12.8. The number of non-ortho nitro benzene ring substituents is 2. The monoisotopic (exact) mass is 368 g/mol. The molecule has 0 atom stereocenters. The molecule has 1 amide bonds. The van der Waals surface area contributed by atoms with Gasteiger partial charge in [-0.2, -0.15) is 5.10 Å². The van der Waals surface area contributed by atoms with Crippen molar-refractivity contribution >= 4 is 34.5 Å². The summed E-state index contributed by atoms with van der Waals surface area (Å²) in [6.07, 6.45) is 1.19. The Morgan fingerprint density at radius 2 is 1.93 bits per heavy atom. The minimum absolute atomic E-state index is 0.0669. The van der Waals surface area contributed by atoms with E-state index in [0.717, 1.165) is 6.07 Å². The first-order valence-corrected chi connectivity index (χ1v) is 7.61. The Labute approximate surface area is 151 Å². The number of hydrazone groups is 1. The number of amides is 1. The van der Waals surface area contributed by atoms with E-state index in [1.54, 1.807) is 19.1 Å². The number of furan rings is 1. The van der Waals surface area contributed by atoms with Gasteiger partial charge in [0.05, 0.1) is 16.1 Å². The number of nitrogens with one attached hydrogen (secondary N) is 1. The molecule has 0 aliphatic rings. The first-order valence-electron chi connectivity index (χ1n) is 7.61. The van der Waals surface area contributed by atoms with Crippen LogP contribution in [-0.4, -0.2) is 22.0 Å². The Morgan fingerprint density at radius 3 is 2.63 bits per heavy atom. The molecule has 0 fully saturated rings. The van der Waals surface area contributed by atoms with Crippen molar-refractivity contribution in [2.45, 2.75) is 6.92 Å². The molecule has 1 N–H and O–H groups in total. The summed E-state index contributed by atoms with van der Waals surface area (Å²) in [6.45, 7) is 1.73. The summed E-state index contributed by atoms with van der Waals surface area (Å²) >= 11 is 0. The molecule has 0 saturated heterocycles. The molecule has 1 heterocycles. The highest BCUT2D eigenvalue weighted by Gasteiger charge is 2.17. The smallest absolute Gasteiger partial charge is 0.312 e. The highest BCUT2D eigenvalue weighted by molar-refractivity contribution is 5.96. The van der Waals surface area contributed by atoms with Crippen LogP contribution in [0.5, 0.6) is 0 Å². The zero-order valence-electron chi connectivity index (χ0n) is 13.9. The third kappa shape index (κ3) is 3.79. The Balaban J connectivity index is 1.79. The van der Waals surface area contributed by atoms with Gasteiger partial charge in [0.15, 0.2) is 0 Å². The van der Waals surface area contributed by atoms with Crippen LogP contribution < -0.4 is 5.43 Å². The van der Waals surface area contributed by atoms with Crippen molar-refractivity contribution in [3.8, 4) is 0 Å². The summed E-state index contributed by atoms with van der Waals surface area (Å²) in [5.74, 6) is -0.439. The molecule has 0 unspecified atom stereocenters. The second-order valence-corrected chi connectivity index (χ2v) is 5.61. The average molecular weight is 368 g/mol. The number of nitrogens with zero attached hydrogens (tertiary/aromatic N) is 3. The molecule has 2 aromatic carbocycles. The van der Waals surface area contributed by atoms with Gasteiger partial charge in [0.1, 0.15) is 5.76 Å². The summed E-state index contributed by atoms with van der Waals surface area (Å²) in [5.41, 5.74) is 2.72. The molecule has 0 bridgehead atoms. The van der Waals surface area contributed by atoms with E-state index in [4.69, 9.17) is 4.42 Å². The van der Waals surface area contributed by atoms with E-state index in [-0.39, 0.29) is 28.3 Å². The lowest BCUT2D eigenvalue weighted by Crippen LogP contribution is -2.17. The quantitative estimate of drug-likeness (QED) is 0.416. The molecule has 0 saturated carbocycles. The molecule has 0 aliphatic carbocycles. The number of fused-ring (bicyclic) bond motifs is 1. The number of nitro benzene ring substituents is 2. The van der Waals surface area contributed by atoms with Gasteiger partial charge in [-0.15, -0.1) is 0 Å². The van der Waals surface area contributed by atoms with Crippen molar-refractivity contribution in [2.24, 2.45) is 5.10 Å². The van der Waals surface area contributed by atoms with Gasteiger partial charge in [0.25, 0.3) is 11.6 Å². The molecule has 0 radical (unpaired) electrons. The van der Waals surface area contributed by atoms with Crippen molar-refractivity contribution in [1.29, 1.82) is 0 Å². The van der Waals surface area contributed by atoms with Crippen molar-refractivity contribution in [3.05, 3.63) is 79.6 Å². The Hall–Kier alpha value is -4.08. The molecule has 10 heteroatoms. The molecule has 0 aliphatic heterocycles. The second-order valence-electron chi connectivity index (χ2n) is 5.61. The summed E-state index contributed by atoms with van der Waals surface area (Å²) in [6, 6.07) is 9.87. The number of benzene rings is 2. The normalized spacial score (nSPS) is 11.0. The summed E-state index contributed by atoms with van der Waals surface area (Å²) in [5, 5.41) is 26.1. The molecule has 3 aromatic rings. The maximum absolute atomic E-state index is 12.0. The average Bonchev–Trinajstić information content (AvgIpc) is 3.03. The maximum atomic E-state index is 12.0. The van der Waals surface area contributed by atoms with E-state index in [1.165, 1.54) is 30.5 Å². The van der Waals surface area contributed by atoms with Gasteiger partial charge >= 0.3 is 5.69 Å². The molecule has 136 valence electrons. The molecule has 27 heavy (non-hydrogen) atoms. The van der Waals surface area contributed by atoms with E-state index >= 15 is 0 Å². The van der Waals surface area contributed by atoms with E-state index in [1.807, 2.05) is 0 Å². The van der Waals surface area contributed by atoms with Crippen molar-refractivity contribution in [2.75, 3.05) is 0 Å². The van der Waals surface area contributed by atoms with E-state index in [2.05, 4.69) is 10.5 Å². The maximum Gasteiger partial charge on any atom is 0.312 e. The van der Waals surface area contributed by atoms with Crippen LogP contribution in [0.25, 0.3) is 11.0 Å². The van der Waals surface area contributed by atoms with Crippen LogP contribution in [0.3, 0.4) is 0 Å². The number of carbonyl (C=O) groups excluding carboxylic acids is 1. The first kappa shape index (κ1) is 17.7. The topological polar surface area (TPSA) is 141 Å². The van der Waals surface area contributed by atoms with Crippen molar-refractivity contribution in [3.63, 3.8) is 0 Å². The highest BCUT2D eigenvalue weighted by Crippen LogP contribution is 2.29. The summed E-state index contributed by atoms with van der Waals surface area (Å²) in [7, 11) is 0. The van der Waals surface area contributed by atoms with Crippen LogP contribution in [0, 0.1) is 27.2 Å². The number of rotatable bonds is 5. The number of hydrogen-bond acceptors (Lipinski definition) is 7. The lowest BCUT2D eigenvalue weighted by molar-refractivity contribution is -0.384. The minimum atomic E-state index is -0.645. The fraction of sp³-hybridized carbons (Fsp3) is 0.0588. The molecule has 1 aromatic heterocycles. The SMILES string of the molecule is Cc1cc([N+](=O)[O-])c2oc(/C=N/NC(=O)c3cccc([N+](=O)[O-])c3)cc2c1. The Bertz CT molecular complexity index is 1100. The van der Waals surface area contributed by atoms with Gasteiger partial charge in [-0.1, -0.05) is 6.07 Å². The van der Waals surface area contributed by atoms with Crippen LogP contribution in [0.1, 0.15) is 21.7 Å². The van der Waals surface area contributed by atoms with Gasteiger partial charge in [-0.25, -0.2) is 5.43 Å². The second kappa shape index (κ2) is 7.04. The van der Waals surface area contributed by atoms with E-state index < -0.39 is 15.8 Å². The molecule has 0 spiro atoms. The largest absolute Gasteiger partial charge is 0.448 e. The number of hydrogen-bond donors (Lipinski definition) is 1. The predicted octanol–water partition coefficient (Wildman–Crippen LogP) is 3.32. The molecule has 10 nitrogen and oxygen atoms in total. The van der Waals surface area contributed by atoms with Crippen LogP contribution >= 0.6 is 0 Å². The number of carbonyl (C=O) groups is 1. The molecular weight excluding hydrogens is 356 g/mol. The van der Waals surface area contributed by atoms with Gasteiger partial charge in [-0.05, 0) is 30.7 Å². The van der Waals surface area contributed by atoms with Gasteiger partial charge in [0, 0.05) is 29.1 Å². The van der Waals surface area contributed by atoms with Gasteiger partial charge in [0.2, 0.25) is 5.58 Å². The number of aryl methyl sites for hydroxylation is 1. The van der Waals surface area contributed by atoms with Crippen LogP contribution in [0.15, 0.2) is 52.0 Å². The standard InChI is InChI=1S/C17H12N4O6/c1-10-5-12-8-14(27-16(12)15(6-10)21(25)26)9-18-19-17(22)11-3-2-4-13(7-11)20(23)24/h2-9H,1H3,(H,19,22)/b18-9+. The van der Waals surface area contributed by atoms with Gasteiger partial charge in [-0.3, -0.25) is 25.0 Å². The van der Waals surface area contributed by atoms with E-state index in [0.29, 0.717) is 10.9 Å². The lowest BCUT2D eigenvalue weighted by Gasteiger charge is -1.99. The third-order valence-electron chi connectivity index (χ3n) is 3.63. The molecular formula is C17H12N4O6. The summed E-state index contributed by atoms with van der Waals surface area (Å²) < 4.78 is 5.42. The summed E-state index contributed by atoms with van der Waals surface area (Å²) in [4.78, 5) is 32.7. The fourth-order valence-corrected chi connectivity index (χ4v) is 2.48. The number of nitro groups is 2. The van der Waals surface area contributed by atoms with E-state index in [9.17, 15) is 25.0 Å². The van der Waals surface area contributed by atoms with Crippen LogP contribution in [0.4, 0.5) is 11.4 Å². The fourth-order valence-electron chi connectivity index (χ4n) is 2.48. The minimum Gasteiger partial charge on any atom is -0.448 e. The Morgan fingerprint density at radius 1 is 1.15 bits per heavy atom. The van der Waals surface area contributed by atoms with Crippen molar-refractivity contribution in [1.82, 2.24) is 5.43 Å². The third-order valence-corrected chi connectivity index (χ3v) is 3.63. The Kier molecular flexibility index (Phi) is 4.62. The molecule has 3 rings (SSSR count). The zero-order chi connectivity index (χ0) is 19.6. The lowest BCUT2D eigenvalue weighted by atomic mass is 10.1. The van der Waals surface area contributed by atoms with Crippen LogP contribution in [0.2, 0.25) is 0 Å². The van der Waals surface area contributed by atoms with Crippen LogP contribution in [-0.2, 0) is 0 Å². The predicted molar refractivity (Wildman–Crippen MR) is 95.8 cm³/mol. The van der Waals surface area contributed by atoms with Crippen molar-refractivity contribution < 1.29 is 19.1 Å². The highest BCUT2D eigenvalue weighted by atomic mass is 16.6.